The van der Waals surface area contributed by atoms with E-state index >= 15 is 0 Å². The summed E-state index contributed by atoms with van der Waals surface area (Å²) >= 11 is 0. The van der Waals surface area contributed by atoms with Crippen LogP contribution in [0, 0.1) is 11.8 Å². The van der Waals surface area contributed by atoms with Gasteiger partial charge in [-0.25, -0.2) is 4.79 Å². The highest BCUT2D eigenvalue weighted by Gasteiger charge is 2.40. The molecule has 1 aliphatic heterocycles. The molecule has 19 heavy (non-hydrogen) atoms. The van der Waals surface area contributed by atoms with Gasteiger partial charge in [-0.2, -0.15) is 0 Å². The fraction of sp³-hybridized carbons (Fsp3) is 0.600. The first-order chi connectivity index (χ1) is 8.95. The Bertz CT molecular complexity index is 462. The van der Waals surface area contributed by atoms with Crippen molar-refractivity contribution in [1.82, 2.24) is 4.90 Å². The molecule has 1 heterocycles. The first-order valence-corrected chi connectivity index (χ1v) is 6.74. The van der Waals surface area contributed by atoms with E-state index in [2.05, 4.69) is 13.0 Å². The zero-order chi connectivity index (χ0) is 14.2. The molecule has 2 aliphatic rings. The fourth-order valence-corrected chi connectivity index (χ4v) is 2.85. The first kappa shape index (κ1) is 13.8. The molecule has 2 rings (SSSR count). The number of allylic oxidation sites excluding steroid dienone is 1. The summed E-state index contributed by atoms with van der Waals surface area (Å²) in [6, 6.07) is -0.494. The van der Waals surface area contributed by atoms with Gasteiger partial charge in [-0.15, -0.1) is 0 Å². The molecule has 1 aliphatic carbocycles. The minimum atomic E-state index is -0.494. The number of rotatable bonds is 3. The number of hydrogen-bond donors (Lipinski definition) is 0. The van der Waals surface area contributed by atoms with Crippen LogP contribution in [0.5, 0.6) is 0 Å². The topological polar surface area (TPSA) is 46.6 Å². The highest BCUT2D eigenvalue weighted by atomic mass is 16.5. The lowest BCUT2D eigenvalue weighted by Gasteiger charge is -2.29. The summed E-state index contributed by atoms with van der Waals surface area (Å²) in [5.41, 5.74) is 1.92. The van der Waals surface area contributed by atoms with Crippen molar-refractivity contribution in [3.05, 3.63) is 23.3 Å². The summed E-state index contributed by atoms with van der Waals surface area (Å²) in [5.74, 6) is 0.128. The highest BCUT2D eigenvalue weighted by Crippen LogP contribution is 2.32. The zero-order valence-electron chi connectivity index (χ0n) is 12.0. The van der Waals surface area contributed by atoms with Crippen molar-refractivity contribution in [2.75, 3.05) is 13.7 Å². The number of esters is 1. The molecule has 4 heteroatoms. The van der Waals surface area contributed by atoms with Gasteiger partial charge in [0.1, 0.15) is 6.04 Å². The number of nitrogens with zero attached hydrogens (tertiary/aromatic N) is 1. The van der Waals surface area contributed by atoms with E-state index in [1.54, 1.807) is 4.90 Å². The lowest BCUT2D eigenvalue weighted by atomic mass is 9.92. The second-order valence-corrected chi connectivity index (χ2v) is 5.70. The molecule has 0 aromatic carbocycles. The molecule has 0 fully saturated rings. The number of methoxy groups -OCH3 is 1. The van der Waals surface area contributed by atoms with Gasteiger partial charge in [-0.1, -0.05) is 32.9 Å². The van der Waals surface area contributed by atoms with E-state index in [9.17, 15) is 9.59 Å². The Hall–Kier alpha value is -1.58. The Kier molecular flexibility index (Phi) is 3.78. The van der Waals surface area contributed by atoms with Crippen molar-refractivity contribution < 1.29 is 14.3 Å². The van der Waals surface area contributed by atoms with E-state index in [1.165, 1.54) is 7.11 Å². The molecule has 0 saturated carbocycles. The van der Waals surface area contributed by atoms with Crippen LogP contribution < -0.4 is 0 Å². The predicted octanol–water partition coefficient (Wildman–Crippen LogP) is 1.92. The van der Waals surface area contributed by atoms with E-state index < -0.39 is 6.04 Å². The average Bonchev–Trinajstić information content (AvgIpc) is 2.66. The minimum absolute atomic E-state index is 0.0396. The summed E-state index contributed by atoms with van der Waals surface area (Å²) in [6.07, 6.45) is 4.86. The number of carbonyl (C=O) groups excluding carboxylic acids is 2. The highest BCUT2D eigenvalue weighted by molar-refractivity contribution is 6.02. The van der Waals surface area contributed by atoms with Gasteiger partial charge in [0.2, 0.25) is 0 Å². The lowest BCUT2D eigenvalue weighted by molar-refractivity contribution is -0.152. The van der Waals surface area contributed by atoms with E-state index in [4.69, 9.17) is 4.74 Å². The van der Waals surface area contributed by atoms with Crippen LogP contribution in [0.3, 0.4) is 0 Å². The van der Waals surface area contributed by atoms with Gasteiger partial charge in [-0.05, 0) is 23.8 Å². The van der Waals surface area contributed by atoms with Crippen LogP contribution in [-0.2, 0) is 14.3 Å². The summed E-state index contributed by atoms with van der Waals surface area (Å²) in [6.45, 7) is 6.56. The Balaban J connectivity index is 2.23. The molecule has 104 valence electrons. The molecular weight excluding hydrogens is 242 g/mol. The molecule has 0 aromatic heterocycles. The summed E-state index contributed by atoms with van der Waals surface area (Å²) in [4.78, 5) is 26.0. The molecule has 0 N–H and O–H groups in total. The lowest BCUT2D eigenvalue weighted by Crippen LogP contribution is -2.47. The van der Waals surface area contributed by atoms with Crippen molar-refractivity contribution in [3.63, 3.8) is 0 Å². The molecule has 0 spiro atoms. The minimum Gasteiger partial charge on any atom is -0.467 e. The smallest absolute Gasteiger partial charge is 0.328 e. The van der Waals surface area contributed by atoms with Crippen LogP contribution in [0.15, 0.2) is 23.3 Å². The van der Waals surface area contributed by atoms with Gasteiger partial charge in [0.25, 0.3) is 5.91 Å². The second-order valence-electron chi connectivity index (χ2n) is 5.70. The number of carbonyl (C=O) groups is 2. The first-order valence-electron chi connectivity index (χ1n) is 6.74. The molecule has 4 nitrogen and oxygen atoms in total. The molecule has 0 radical (unpaired) electrons. The van der Waals surface area contributed by atoms with Gasteiger partial charge >= 0.3 is 5.97 Å². The normalized spacial score (nSPS) is 23.9. The van der Waals surface area contributed by atoms with E-state index in [1.807, 2.05) is 19.9 Å². The maximum absolute atomic E-state index is 12.4. The predicted molar refractivity (Wildman–Crippen MR) is 72.3 cm³/mol. The standard InChI is InChI=1S/C15H21NO3/c1-9(2)13(15(18)19-4)16-8-11-7-10(3)5-6-12(11)14(16)17/h5-6,9-10,13H,7-8H2,1-4H3. The third-order valence-corrected chi connectivity index (χ3v) is 3.80. The van der Waals surface area contributed by atoms with E-state index in [0.29, 0.717) is 12.5 Å². The Morgan fingerprint density at radius 1 is 1.47 bits per heavy atom. The monoisotopic (exact) mass is 263 g/mol. The van der Waals surface area contributed by atoms with Gasteiger partial charge in [0.15, 0.2) is 0 Å². The van der Waals surface area contributed by atoms with Crippen molar-refractivity contribution in [2.45, 2.75) is 33.2 Å². The van der Waals surface area contributed by atoms with Crippen molar-refractivity contribution in [3.8, 4) is 0 Å². The number of ether oxygens (including phenoxy) is 1. The SMILES string of the molecule is COC(=O)C(C(C)C)N1CC2=C(C=CC(C)C2)C1=O. The quantitative estimate of drug-likeness (QED) is 0.731. The van der Waals surface area contributed by atoms with Crippen molar-refractivity contribution in [2.24, 2.45) is 11.8 Å². The number of hydrogen-bond acceptors (Lipinski definition) is 3. The van der Waals surface area contributed by atoms with Crippen LogP contribution in [0.4, 0.5) is 0 Å². The molecular formula is C15H21NO3. The molecule has 2 atom stereocenters. The third-order valence-electron chi connectivity index (χ3n) is 3.80. The Labute approximate surface area is 114 Å². The second kappa shape index (κ2) is 5.19. The summed E-state index contributed by atoms with van der Waals surface area (Å²) < 4.78 is 4.84. The van der Waals surface area contributed by atoms with Crippen LogP contribution >= 0.6 is 0 Å². The van der Waals surface area contributed by atoms with Crippen molar-refractivity contribution in [1.29, 1.82) is 0 Å². The molecule has 0 aromatic rings. The molecule has 0 bridgehead atoms. The molecule has 2 unspecified atom stereocenters. The third kappa shape index (κ3) is 2.44. The maximum Gasteiger partial charge on any atom is 0.328 e. The van der Waals surface area contributed by atoms with E-state index in [0.717, 1.165) is 17.6 Å². The van der Waals surface area contributed by atoms with Gasteiger partial charge in [0.05, 0.1) is 7.11 Å². The van der Waals surface area contributed by atoms with Gasteiger partial charge in [-0.3, -0.25) is 4.79 Å². The molecule has 1 amide bonds. The maximum atomic E-state index is 12.4. The molecule has 0 saturated heterocycles. The zero-order valence-corrected chi connectivity index (χ0v) is 12.0. The van der Waals surface area contributed by atoms with Crippen LogP contribution in [0.2, 0.25) is 0 Å². The fourth-order valence-electron chi connectivity index (χ4n) is 2.85. The van der Waals surface area contributed by atoms with Crippen molar-refractivity contribution >= 4 is 11.9 Å². The number of amides is 1. The van der Waals surface area contributed by atoms with Crippen LogP contribution in [0.1, 0.15) is 27.2 Å². The van der Waals surface area contributed by atoms with E-state index in [-0.39, 0.29) is 17.8 Å². The van der Waals surface area contributed by atoms with Crippen LogP contribution in [0.25, 0.3) is 0 Å². The van der Waals surface area contributed by atoms with Gasteiger partial charge in [0, 0.05) is 12.1 Å². The largest absolute Gasteiger partial charge is 0.467 e. The van der Waals surface area contributed by atoms with Gasteiger partial charge < -0.3 is 9.64 Å². The Morgan fingerprint density at radius 3 is 2.74 bits per heavy atom. The summed E-state index contributed by atoms with van der Waals surface area (Å²) in [5, 5.41) is 0. The summed E-state index contributed by atoms with van der Waals surface area (Å²) in [7, 11) is 1.37. The van der Waals surface area contributed by atoms with Crippen LogP contribution in [-0.4, -0.2) is 36.5 Å². The Morgan fingerprint density at radius 2 is 2.16 bits per heavy atom. The average molecular weight is 263 g/mol.